The van der Waals surface area contributed by atoms with Gasteiger partial charge < -0.3 is 14.2 Å². The highest BCUT2D eigenvalue weighted by atomic mass is 19.1. The predicted molar refractivity (Wildman–Crippen MR) is 116 cm³/mol. The molecular weight excluding hydrogens is 395 g/mol. The second kappa shape index (κ2) is 9.16. The molecule has 0 N–H and O–H groups in total. The summed E-state index contributed by atoms with van der Waals surface area (Å²) in [5, 5.41) is 0. The Kier molecular flexibility index (Phi) is 6.16. The van der Waals surface area contributed by atoms with Crippen LogP contribution in [0.3, 0.4) is 0 Å². The maximum absolute atomic E-state index is 13.6. The van der Waals surface area contributed by atoms with E-state index in [-0.39, 0.29) is 23.5 Å². The van der Waals surface area contributed by atoms with Crippen molar-refractivity contribution in [2.45, 2.75) is 26.3 Å². The molecule has 5 nitrogen and oxygen atoms in total. The van der Waals surface area contributed by atoms with Gasteiger partial charge in [0.25, 0.3) is 5.91 Å². The number of amides is 2. The van der Waals surface area contributed by atoms with E-state index in [2.05, 4.69) is 0 Å². The Hall–Kier alpha value is -3.41. The number of piperidine rings is 1. The fourth-order valence-electron chi connectivity index (χ4n) is 3.94. The average molecular weight is 420 g/mol. The summed E-state index contributed by atoms with van der Waals surface area (Å²) in [4.78, 5) is 29.9. The molecule has 31 heavy (non-hydrogen) atoms. The van der Waals surface area contributed by atoms with Gasteiger partial charge in [0.1, 0.15) is 11.6 Å². The molecule has 0 saturated carbocycles. The molecular formula is C25H25FN2O3. The summed E-state index contributed by atoms with van der Waals surface area (Å²) in [5.41, 5.74) is 2.34. The van der Waals surface area contributed by atoms with Gasteiger partial charge in [-0.05, 0) is 68.3 Å². The van der Waals surface area contributed by atoms with Crippen molar-refractivity contribution in [2.24, 2.45) is 5.92 Å². The van der Waals surface area contributed by atoms with Gasteiger partial charge in [0.15, 0.2) is 0 Å². The van der Waals surface area contributed by atoms with Crippen LogP contribution in [0.4, 0.5) is 10.1 Å². The van der Waals surface area contributed by atoms with Crippen molar-refractivity contribution in [3.8, 4) is 0 Å². The number of hydrogen-bond acceptors (Lipinski definition) is 3. The molecule has 0 aliphatic carbocycles. The highest BCUT2D eigenvalue weighted by Gasteiger charge is 2.32. The summed E-state index contributed by atoms with van der Waals surface area (Å²) in [6, 6.07) is 17.0. The molecule has 1 aromatic heterocycles. The predicted octanol–water partition coefficient (Wildman–Crippen LogP) is 4.81. The Labute approximate surface area is 181 Å². The van der Waals surface area contributed by atoms with Crippen molar-refractivity contribution in [1.29, 1.82) is 0 Å². The number of nitrogens with zero attached hydrogens (tertiary/aromatic N) is 2. The Morgan fingerprint density at radius 2 is 1.84 bits per heavy atom. The lowest BCUT2D eigenvalue weighted by molar-refractivity contribution is -0.123. The molecule has 1 aliphatic heterocycles. The Morgan fingerprint density at radius 3 is 2.52 bits per heavy atom. The summed E-state index contributed by atoms with van der Waals surface area (Å²) in [6.45, 7) is 3.26. The lowest BCUT2D eigenvalue weighted by atomic mass is 9.95. The van der Waals surface area contributed by atoms with Crippen molar-refractivity contribution in [3.05, 3.63) is 89.6 Å². The summed E-state index contributed by atoms with van der Waals surface area (Å²) < 4.78 is 18.7. The van der Waals surface area contributed by atoms with E-state index in [0.29, 0.717) is 37.4 Å². The van der Waals surface area contributed by atoms with Crippen LogP contribution >= 0.6 is 0 Å². The van der Waals surface area contributed by atoms with Gasteiger partial charge in [-0.1, -0.05) is 17.7 Å². The zero-order chi connectivity index (χ0) is 21.8. The molecule has 3 aromatic rings. The number of hydrogen-bond donors (Lipinski definition) is 0. The number of aryl methyl sites for hydroxylation is 1. The van der Waals surface area contributed by atoms with Gasteiger partial charge in [-0.3, -0.25) is 9.59 Å². The van der Waals surface area contributed by atoms with E-state index in [4.69, 9.17) is 4.42 Å². The molecule has 2 amide bonds. The van der Waals surface area contributed by atoms with Crippen molar-refractivity contribution in [1.82, 2.24) is 4.90 Å². The molecule has 1 atom stereocenters. The minimum Gasteiger partial charge on any atom is -0.467 e. The van der Waals surface area contributed by atoms with Crippen LogP contribution in [0.2, 0.25) is 0 Å². The minimum atomic E-state index is -0.380. The topological polar surface area (TPSA) is 53.8 Å². The normalized spacial score (nSPS) is 16.2. The third-order valence-electron chi connectivity index (χ3n) is 5.65. The zero-order valence-electron chi connectivity index (χ0n) is 17.5. The molecule has 1 aliphatic rings. The average Bonchev–Trinajstić information content (AvgIpc) is 3.31. The SMILES string of the molecule is Cc1ccc(N(Cc2ccco2)C(=O)[C@@H]2CCCN(C(=O)c3ccc(F)cc3)C2)cc1. The van der Waals surface area contributed by atoms with Gasteiger partial charge in [0.05, 0.1) is 18.7 Å². The number of anilines is 1. The molecule has 6 heteroatoms. The quantitative estimate of drug-likeness (QED) is 0.595. The van der Waals surface area contributed by atoms with Crippen molar-refractivity contribution in [3.63, 3.8) is 0 Å². The molecule has 0 bridgehead atoms. The number of furan rings is 1. The third kappa shape index (κ3) is 4.85. The van der Waals surface area contributed by atoms with Crippen LogP contribution < -0.4 is 4.90 Å². The van der Waals surface area contributed by atoms with E-state index < -0.39 is 0 Å². The largest absolute Gasteiger partial charge is 0.467 e. The van der Waals surface area contributed by atoms with Gasteiger partial charge in [0.2, 0.25) is 5.91 Å². The number of carbonyl (C=O) groups excluding carboxylic acids is 2. The van der Waals surface area contributed by atoms with Crippen LogP contribution in [-0.2, 0) is 11.3 Å². The second-order valence-electron chi connectivity index (χ2n) is 7.94. The summed E-state index contributed by atoms with van der Waals surface area (Å²) in [6.07, 6.45) is 3.05. The molecule has 2 heterocycles. The minimum absolute atomic E-state index is 0.0307. The van der Waals surface area contributed by atoms with Gasteiger partial charge in [-0.25, -0.2) is 4.39 Å². The fourth-order valence-corrected chi connectivity index (χ4v) is 3.94. The first-order valence-electron chi connectivity index (χ1n) is 10.5. The molecule has 160 valence electrons. The summed E-state index contributed by atoms with van der Waals surface area (Å²) in [7, 11) is 0. The van der Waals surface area contributed by atoms with Crippen LogP contribution in [0.25, 0.3) is 0 Å². The van der Waals surface area contributed by atoms with E-state index >= 15 is 0 Å². The Balaban J connectivity index is 1.53. The molecule has 0 radical (unpaired) electrons. The smallest absolute Gasteiger partial charge is 0.253 e. The highest BCUT2D eigenvalue weighted by molar-refractivity contribution is 5.97. The molecule has 1 fully saturated rings. The van der Waals surface area contributed by atoms with E-state index in [9.17, 15) is 14.0 Å². The molecule has 0 unspecified atom stereocenters. The van der Waals surface area contributed by atoms with Crippen LogP contribution in [0.15, 0.2) is 71.3 Å². The van der Waals surface area contributed by atoms with Crippen molar-refractivity contribution >= 4 is 17.5 Å². The van der Waals surface area contributed by atoms with E-state index in [1.165, 1.54) is 24.3 Å². The summed E-state index contributed by atoms with van der Waals surface area (Å²) >= 11 is 0. The molecule has 1 saturated heterocycles. The van der Waals surface area contributed by atoms with Crippen LogP contribution in [0, 0.1) is 18.7 Å². The van der Waals surface area contributed by atoms with E-state index in [0.717, 1.165) is 17.7 Å². The first kappa shape index (κ1) is 20.8. The first-order valence-corrected chi connectivity index (χ1v) is 10.5. The van der Waals surface area contributed by atoms with Gasteiger partial charge >= 0.3 is 0 Å². The first-order chi connectivity index (χ1) is 15.0. The maximum Gasteiger partial charge on any atom is 0.253 e. The number of halogens is 1. The number of benzene rings is 2. The number of carbonyl (C=O) groups is 2. The van der Waals surface area contributed by atoms with Crippen molar-refractivity contribution < 1.29 is 18.4 Å². The van der Waals surface area contributed by atoms with Gasteiger partial charge in [-0.15, -0.1) is 0 Å². The van der Waals surface area contributed by atoms with Gasteiger partial charge in [-0.2, -0.15) is 0 Å². The van der Waals surface area contributed by atoms with Crippen molar-refractivity contribution in [2.75, 3.05) is 18.0 Å². The standard InChI is InChI=1S/C25H25FN2O3/c1-18-6-12-22(13-7-18)28(17-23-5-3-15-31-23)25(30)20-4-2-14-27(16-20)24(29)19-8-10-21(26)11-9-19/h3,5-13,15,20H,2,4,14,16-17H2,1H3/t20-/m1/s1. The van der Waals surface area contributed by atoms with Gasteiger partial charge in [0, 0.05) is 24.3 Å². The Bertz CT molecular complexity index is 1030. The lowest BCUT2D eigenvalue weighted by Crippen LogP contribution is -2.46. The zero-order valence-corrected chi connectivity index (χ0v) is 17.5. The highest BCUT2D eigenvalue weighted by Crippen LogP contribution is 2.26. The maximum atomic E-state index is 13.6. The van der Waals surface area contributed by atoms with E-state index in [1.807, 2.05) is 37.3 Å². The van der Waals surface area contributed by atoms with Crippen LogP contribution in [-0.4, -0.2) is 29.8 Å². The molecule has 2 aromatic carbocycles. The lowest BCUT2D eigenvalue weighted by Gasteiger charge is -2.35. The monoisotopic (exact) mass is 420 g/mol. The van der Waals surface area contributed by atoms with E-state index in [1.54, 1.807) is 22.1 Å². The van der Waals surface area contributed by atoms with Crippen LogP contribution in [0.5, 0.6) is 0 Å². The molecule has 0 spiro atoms. The fraction of sp³-hybridized carbons (Fsp3) is 0.280. The second-order valence-corrected chi connectivity index (χ2v) is 7.94. The number of rotatable bonds is 5. The third-order valence-corrected chi connectivity index (χ3v) is 5.65. The Morgan fingerprint density at radius 1 is 1.10 bits per heavy atom. The summed E-state index contributed by atoms with van der Waals surface area (Å²) in [5.74, 6) is -0.199. The van der Waals surface area contributed by atoms with Crippen LogP contribution in [0.1, 0.15) is 34.5 Å². The molecule has 4 rings (SSSR count). The number of likely N-dealkylation sites (tertiary alicyclic amines) is 1.